The summed E-state index contributed by atoms with van der Waals surface area (Å²) < 4.78 is 0. The highest BCUT2D eigenvalue weighted by Crippen LogP contribution is 2.09. The van der Waals surface area contributed by atoms with E-state index < -0.39 is 53.3 Å². The van der Waals surface area contributed by atoms with E-state index in [1.807, 2.05) is 0 Å². The fourth-order valence-electron chi connectivity index (χ4n) is 3.49. The quantitative estimate of drug-likeness (QED) is 0.0398. The van der Waals surface area contributed by atoms with Crippen LogP contribution < -0.4 is 32.7 Å². The van der Waals surface area contributed by atoms with Crippen molar-refractivity contribution in [3.63, 3.8) is 0 Å². The van der Waals surface area contributed by atoms with E-state index in [0.717, 1.165) is 17.1 Å². The molecule has 0 aromatic carbocycles. The fraction of sp³-hybridized carbons (Fsp3) is 0.636. The molecule has 1 rings (SSSR count). The minimum atomic E-state index is -1.21. The van der Waals surface area contributed by atoms with Gasteiger partial charge in [0.15, 0.2) is 12.1 Å². The number of unbranched alkanes of at least 4 members (excludes halogenated alkanes) is 1. The van der Waals surface area contributed by atoms with Gasteiger partial charge in [-0.2, -0.15) is 12.6 Å². The fourth-order valence-corrected chi connectivity index (χ4v) is 3.67. The number of Topliss-reactive ketones (excluding diaryl/α,β-unsaturated/α-hetero) is 1. The molecule has 0 fully saturated rings. The average molecular weight is 544 g/mol. The van der Waals surface area contributed by atoms with Crippen molar-refractivity contribution in [3.8, 4) is 0 Å². The molecule has 9 N–H and O–H groups in total. The first-order chi connectivity index (χ1) is 17.4. The highest BCUT2D eigenvalue weighted by molar-refractivity contribution is 7.81. The largest absolute Gasteiger partial charge is 0.366 e. The number of aliphatic hydroxyl groups excluding tert-OH is 1. The van der Waals surface area contributed by atoms with E-state index in [-0.39, 0.29) is 38.1 Å². The number of aliphatic hydroxyl groups is 1. The van der Waals surface area contributed by atoms with Crippen LogP contribution >= 0.6 is 12.6 Å². The number of carbonyl (C=O) groups excluding carboxylic acids is 6. The summed E-state index contributed by atoms with van der Waals surface area (Å²) >= 11 is 4.17. The summed E-state index contributed by atoms with van der Waals surface area (Å²) in [5, 5.41) is 18.8. The van der Waals surface area contributed by atoms with Gasteiger partial charge >= 0.3 is 6.03 Å². The third kappa shape index (κ3) is 12.7. The Morgan fingerprint density at radius 1 is 1.00 bits per heavy atom. The normalized spacial score (nSPS) is 16.2. The van der Waals surface area contributed by atoms with Crippen molar-refractivity contribution in [2.75, 3.05) is 19.6 Å². The molecule has 4 atom stereocenters. The van der Waals surface area contributed by atoms with Crippen LogP contribution in [0.4, 0.5) is 4.79 Å². The van der Waals surface area contributed by atoms with Crippen LogP contribution in [0.5, 0.6) is 0 Å². The number of rotatable bonds is 18. The van der Waals surface area contributed by atoms with Crippen LogP contribution in [0, 0.1) is 0 Å². The summed E-state index contributed by atoms with van der Waals surface area (Å²) in [6.45, 7) is 2.01. The number of hydrogen-bond donors (Lipinski definition) is 8. The Hall–Kier alpha value is -3.01. The predicted molar refractivity (Wildman–Crippen MR) is 137 cm³/mol. The Kier molecular flexibility index (Phi) is 14.4. The van der Waals surface area contributed by atoms with Crippen molar-refractivity contribution in [1.82, 2.24) is 26.2 Å². The van der Waals surface area contributed by atoms with Gasteiger partial charge < -0.3 is 26.8 Å². The van der Waals surface area contributed by atoms with Gasteiger partial charge in [0.25, 0.3) is 11.8 Å². The Morgan fingerprint density at radius 3 is 2.19 bits per heavy atom. The molecule has 0 saturated carbocycles. The lowest BCUT2D eigenvalue weighted by Gasteiger charge is -2.24. The zero-order valence-electron chi connectivity index (χ0n) is 20.8. The Labute approximate surface area is 220 Å². The lowest BCUT2D eigenvalue weighted by atomic mass is 10.0. The van der Waals surface area contributed by atoms with E-state index >= 15 is 0 Å². The summed E-state index contributed by atoms with van der Waals surface area (Å²) in [7, 11) is 0. The number of imide groups is 1. The van der Waals surface area contributed by atoms with E-state index in [2.05, 4.69) is 33.9 Å². The maximum absolute atomic E-state index is 13.1. The van der Waals surface area contributed by atoms with Gasteiger partial charge in [-0.3, -0.25) is 39.9 Å². The Morgan fingerprint density at radius 2 is 1.62 bits per heavy atom. The minimum absolute atomic E-state index is 0.147. The molecule has 14 nitrogen and oxygen atoms in total. The lowest BCUT2D eigenvalue weighted by Crippen LogP contribution is -2.53. The molecule has 1 heterocycles. The van der Waals surface area contributed by atoms with E-state index in [0.29, 0.717) is 25.8 Å². The molecule has 0 saturated heterocycles. The second-order valence-electron chi connectivity index (χ2n) is 8.50. The van der Waals surface area contributed by atoms with Crippen LogP contribution in [0.1, 0.15) is 45.4 Å². The molecule has 0 aliphatic carbocycles. The van der Waals surface area contributed by atoms with Crippen LogP contribution in [0.2, 0.25) is 0 Å². The Bertz CT molecular complexity index is 848. The highest BCUT2D eigenvalue weighted by Gasteiger charge is 2.29. The smallest absolute Gasteiger partial charge is 0.312 e. The molecule has 37 heavy (non-hydrogen) atoms. The van der Waals surface area contributed by atoms with E-state index in [9.17, 15) is 28.8 Å². The molecule has 1 aliphatic heterocycles. The van der Waals surface area contributed by atoms with Crippen molar-refractivity contribution in [1.29, 1.82) is 0 Å². The second kappa shape index (κ2) is 16.7. The lowest BCUT2D eigenvalue weighted by molar-refractivity contribution is -0.137. The third-order valence-electron chi connectivity index (χ3n) is 5.43. The predicted octanol–water partition coefficient (Wildman–Crippen LogP) is -2.40. The number of ketones is 1. The molecule has 0 spiro atoms. The molecular formula is C22H37N7O7S. The molecule has 0 aromatic heterocycles. The summed E-state index contributed by atoms with van der Waals surface area (Å²) in [6.07, 6.45) is 2.56. The zero-order valence-corrected chi connectivity index (χ0v) is 21.7. The molecule has 2 unspecified atom stereocenters. The summed E-state index contributed by atoms with van der Waals surface area (Å²) in [5.41, 5.74) is 10.3. The van der Waals surface area contributed by atoms with Gasteiger partial charge in [-0.1, -0.05) is 0 Å². The number of thiol groups is 1. The number of urea groups is 1. The molecule has 208 valence electrons. The monoisotopic (exact) mass is 543 g/mol. The number of nitrogens with two attached hydrogens (primary N) is 2. The van der Waals surface area contributed by atoms with Gasteiger partial charge in [0.05, 0.1) is 11.3 Å². The number of amides is 6. The van der Waals surface area contributed by atoms with Gasteiger partial charge in [0.2, 0.25) is 11.8 Å². The third-order valence-corrected chi connectivity index (χ3v) is 5.68. The minimum Gasteiger partial charge on any atom is -0.366 e. The van der Waals surface area contributed by atoms with E-state index in [1.54, 1.807) is 6.92 Å². The van der Waals surface area contributed by atoms with Crippen LogP contribution in [0.3, 0.4) is 0 Å². The van der Waals surface area contributed by atoms with Gasteiger partial charge in [0, 0.05) is 31.7 Å². The second-order valence-corrected chi connectivity index (χ2v) is 9.27. The van der Waals surface area contributed by atoms with Gasteiger partial charge in [0.1, 0.15) is 6.04 Å². The van der Waals surface area contributed by atoms with E-state index in [4.69, 9.17) is 16.6 Å². The molecule has 1 aliphatic rings. The molecule has 15 heteroatoms. The van der Waals surface area contributed by atoms with Crippen LogP contribution in [0.15, 0.2) is 12.2 Å². The number of carbonyl (C=O) groups is 6. The first kappa shape index (κ1) is 32.0. The van der Waals surface area contributed by atoms with Crippen molar-refractivity contribution >= 4 is 48.1 Å². The van der Waals surface area contributed by atoms with Crippen molar-refractivity contribution < 1.29 is 33.9 Å². The first-order valence-corrected chi connectivity index (χ1v) is 12.5. The average Bonchev–Trinajstić information content (AvgIpc) is 3.14. The van der Waals surface area contributed by atoms with Crippen molar-refractivity contribution in [2.24, 2.45) is 11.5 Å². The standard InChI is InChI=1S/C22H37N7O7S/c1-13(37)19(33)14(6-4-11-26-22(24)36)28-20(34)15(5-2-3-10-25-21(23)35)27-16(30)9-12-29-17(31)7-8-18(29)32/h7-8,13-15,22,26,36-37H,2-6,9-12,24H2,1H3,(H,27,30)(H,28,34)(H3,23,25,35)/t13?,14-,15-,22?/m0/s1. The van der Waals surface area contributed by atoms with Crippen molar-refractivity contribution in [2.45, 2.75) is 69.1 Å². The summed E-state index contributed by atoms with van der Waals surface area (Å²) in [4.78, 5) is 73.4. The van der Waals surface area contributed by atoms with Crippen LogP contribution in [-0.2, 0) is 24.0 Å². The SMILES string of the molecule is CC(S)C(=O)[C@H](CCCNC(N)O)NC(=O)[C@H](CCCCNC(N)=O)NC(=O)CCN1C(=O)C=CC1=O. The highest BCUT2D eigenvalue weighted by atomic mass is 32.1. The Balaban J connectivity index is 2.80. The molecule has 0 aromatic rings. The maximum Gasteiger partial charge on any atom is 0.312 e. The van der Waals surface area contributed by atoms with Gasteiger partial charge in [-0.25, -0.2) is 4.79 Å². The number of nitrogens with one attached hydrogen (secondary N) is 4. The summed E-state index contributed by atoms with van der Waals surface area (Å²) in [5.74, 6) is -2.51. The molecule has 0 radical (unpaired) electrons. The first-order valence-electron chi connectivity index (χ1n) is 12.0. The molecular weight excluding hydrogens is 506 g/mol. The van der Waals surface area contributed by atoms with Crippen LogP contribution in [-0.4, -0.2) is 88.8 Å². The topological polar surface area (TPSA) is 226 Å². The van der Waals surface area contributed by atoms with Crippen molar-refractivity contribution in [3.05, 3.63) is 12.2 Å². The number of hydrogen-bond acceptors (Lipinski definition) is 10. The maximum atomic E-state index is 13.1. The molecule has 0 bridgehead atoms. The van der Waals surface area contributed by atoms with Gasteiger partial charge in [-0.15, -0.1) is 0 Å². The summed E-state index contributed by atoms with van der Waals surface area (Å²) in [6, 6.07) is -2.58. The molecule has 6 amide bonds. The van der Waals surface area contributed by atoms with Gasteiger partial charge in [-0.05, 0) is 45.6 Å². The zero-order chi connectivity index (χ0) is 28.0. The van der Waals surface area contributed by atoms with Crippen LogP contribution in [0.25, 0.3) is 0 Å². The number of nitrogens with zero attached hydrogens (tertiary/aromatic N) is 1. The number of primary amides is 1. The van der Waals surface area contributed by atoms with E-state index in [1.165, 1.54) is 0 Å².